The summed E-state index contributed by atoms with van der Waals surface area (Å²) < 4.78 is 0. The molecule has 1 aromatic carbocycles. The fourth-order valence-corrected chi connectivity index (χ4v) is 1.88. The molecule has 0 unspecified atom stereocenters. The number of rotatable bonds is 4. The van der Waals surface area contributed by atoms with Crippen molar-refractivity contribution in [3.05, 3.63) is 69.6 Å². The van der Waals surface area contributed by atoms with Gasteiger partial charge in [0.1, 0.15) is 5.82 Å². The molecule has 2 heterocycles. The predicted molar refractivity (Wildman–Crippen MR) is 76.1 cm³/mol. The van der Waals surface area contributed by atoms with Gasteiger partial charge in [-0.3, -0.25) is 0 Å². The standard InChI is InChI=1S/C13H10N8/c1-8-16-10-11(15-7-9-5-3-2-4-6-9)18-13(20-21-14)19-12(10)17-8/h2-6H,1,7H2,(H,15,17,18,19). The summed E-state index contributed by atoms with van der Waals surface area (Å²) in [6.07, 6.45) is 0. The number of nitrogens with zero attached hydrogens (tertiary/aromatic N) is 7. The lowest BCUT2D eigenvalue weighted by Crippen LogP contribution is -2.30. The Labute approximate surface area is 119 Å². The van der Waals surface area contributed by atoms with E-state index in [1.165, 1.54) is 0 Å². The average molecular weight is 278 g/mol. The zero-order valence-electron chi connectivity index (χ0n) is 10.9. The molecule has 2 aromatic rings. The van der Waals surface area contributed by atoms with E-state index in [2.05, 4.69) is 41.9 Å². The SMILES string of the molecule is C=C1N=c2nc(N=[N+]=[N-])nc(NCc3ccccc3)c2=N1. The Morgan fingerprint density at radius 3 is 2.76 bits per heavy atom. The van der Waals surface area contributed by atoms with Gasteiger partial charge in [-0.25, -0.2) is 20.0 Å². The molecule has 1 aliphatic rings. The van der Waals surface area contributed by atoms with Crippen molar-refractivity contribution in [2.75, 3.05) is 5.32 Å². The Balaban J connectivity index is 1.99. The number of nitrogens with one attached hydrogen (secondary N) is 1. The van der Waals surface area contributed by atoms with Gasteiger partial charge >= 0.3 is 0 Å². The fraction of sp³-hybridized carbons (Fsp3) is 0.0769. The fourth-order valence-electron chi connectivity index (χ4n) is 1.88. The van der Waals surface area contributed by atoms with E-state index in [1.807, 2.05) is 30.3 Å². The van der Waals surface area contributed by atoms with E-state index < -0.39 is 0 Å². The van der Waals surface area contributed by atoms with Crippen molar-refractivity contribution in [2.45, 2.75) is 6.54 Å². The molecular formula is C13H10N8. The number of aromatic nitrogens is 2. The molecule has 0 atom stereocenters. The van der Waals surface area contributed by atoms with Crippen LogP contribution in [0.25, 0.3) is 10.4 Å². The molecule has 1 aliphatic heterocycles. The van der Waals surface area contributed by atoms with Gasteiger partial charge in [0, 0.05) is 11.5 Å². The summed E-state index contributed by atoms with van der Waals surface area (Å²) in [7, 11) is 0. The number of hydrogen-bond donors (Lipinski definition) is 1. The van der Waals surface area contributed by atoms with E-state index in [0.29, 0.717) is 29.0 Å². The number of benzene rings is 1. The third-order valence-corrected chi connectivity index (χ3v) is 2.77. The second kappa shape index (κ2) is 5.40. The normalized spacial score (nSPS) is 11.9. The Bertz CT molecular complexity index is 865. The highest BCUT2D eigenvalue weighted by Crippen LogP contribution is 2.08. The smallest absolute Gasteiger partial charge is 0.220 e. The van der Waals surface area contributed by atoms with E-state index in [1.54, 1.807) is 0 Å². The minimum absolute atomic E-state index is 0.000427. The average Bonchev–Trinajstić information content (AvgIpc) is 2.86. The molecule has 3 rings (SSSR count). The summed E-state index contributed by atoms with van der Waals surface area (Å²) in [6.45, 7) is 4.23. The van der Waals surface area contributed by atoms with Crippen molar-refractivity contribution in [2.24, 2.45) is 15.1 Å². The lowest BCUT2D eigenvalue weighted by Gasteiger charge is -2.05. The van der Waals surface area contributed by atoms with Gasteiger partial charge in [-0.2, -0.15) is 0 Å². The van der Waals surface area contributed by atoms with E-state index in [9.17, 15) is 0 Å². The molecule has 1 N–H and O–H groups in total. The molecule has 0 fully saturated rings. The molecule has 0 saturated heterocycles. The van der Waals surface area contributed by atoms with Gasteiger partial charge in [0.25, 0.3) is 0 Å². The Hall–Kier alpha value is -3.25. The van der Waals surface area contributed by atoms with Gasteiger partial charge in [-0.15, -0.1) is 0 Å². The molecule has 8 heteroatoms. The molecule has 0 radical (unpaired) electrons. The first-order chi connectivity index (χ1) is 10.3. The number of anilines is 1. The van der Waals surface area contributed by atoms with E-state index in [0.717, 1.165) is 5.56 Å². The third kappa shape index (κ3) is 2.70. The molecule has 0 bridgehead atoms. The first-order valence-electron chi connectivity index (χ1n) is 6.13. The summed E-state index contributed by atoms with van der Waals surface area (Å²) in [5.74, 6) is 0.814. The second-order valence-electron chi connectivity index (χ2n) is 4.21. The van der Waals surface area contributed by atoms with Crippen LogP contribution in [-0.2, 0) is 6.54 Å². The van der Waals surface area contributed by atoms with Crippen LogP contribution in [0.15, 0.2) is 57.8 Å². The van der Waals surface area contributed by atoms with Crippen LogP contribution in [0, 0.1) is 0 Å². The van der Waals surface area contributed by atoms with Crippen molar-refractivity contribution in [3.63, 3.8) is 0 Å². The molecule has 0 amide bonds. The van der Waals surface area contributed by atoms with Crippen molar-refractivity contribution in [1.29, 1.82) is 0 Å². The molecule has 0 spiro atoms. The zero-order chi connectivity index (χ0) is 14.7. The number of azide groups is 1. The highest BCUT2D eigenvalue weighted by molar-refractivity contribution is 5.39. The largest absolute Gasteiger partial charge is 0.364 e. The van der Waals surface area contributed by atoms with Crippen LogP contribution in [0.4, 0.5) is 11.8 Å². The van der Waals surface area contributed by atoms with Crippen molar-refractivity contribution in [3.8, 4) is 0 Å². The lowest BCUT2D eigenvalue weighted by molar-refractivity contribution is 1.01. The number of hydrogen-bond acceptors (Lipinski definition) is 6. The molecule has 102 valence electrons. The maximum Gasteiger partial charge on any atom is 0.220 e. The first-order valence-corrected chi connectivity index (χ1v) is 6.13. The molecule has 0 saturated carbocycles. The maximum atomic E-state index is 8.51. The molecule has 0 aliphatic carbocycles. The second-order valence-corrected chi connectivity index (χ2v) is 4.21. The van der Waals surface area contributed by atoms with Crippen molar-refractivity contribution < 1.29 is 0 Å². The number of fused-ring (bicyclic) bond motifs is 1. The summed E-state index contributed by atoms with van der Waals surface area (Å²) in [5.41, 5.74) is 9.95. The molecule has 21 heavy (non-hydrogen) atoms. The highest BCUT2D eigenvalue weighted by atomic mass is 15.2. The highest BCUT2D eigenvalue weighted by Gasteiger charge is 2.10. The van der Waals surface area contributed by atoms with Gasteiger partial charge in [0.05, 0.1) is 0 Å². The lowest BCUT2D eigenvalue weighted by atomic mass is 10.2. The van der Waals surface area contributed by atoms with Crippen molar-refractivity contribution >= 4 is 11.8 Å². The minimum Gasteiger partial charge on any atom is -0.364 e. The summed E-state index contributed by atoms with van der Waals surface area (Å²) >= 11 is 0. The Morgan fingerprint density at radius 2 is 2.00 bits per heavy atom. The minimum atomic E-state index is 0.000427. The quantitative estimate of drug-likeness (QED) is 0.522. The van der Waals surface area contributed by atoms with Gasteiger partial charge in [-0.1, -0.05) is 36.9 Å². The summed E-state index contributed by atoms with van der Waals surface area (Å²) in [5, 5.41) is 7.07. The molecule has 8 nitrogen and oxygen atoms in total. The maximum absolute atomic E-state index is 8.51. The predicted octanol–water partition coefficient (Wildman–Crippen LogP) is 1.75. The van der Waals surface area contributed by atoms with Crippen LogP contribution < -0.4 is 16.2 Å². The summed E-state index contributed by atoms with van der Waals surface area (Å²) in [4.78, 5) is 19.1. The van der Waals surface area contributed by atoms with Crippen LogP contribution in [-0.4, -0.2) is 9.97 Å². The van der Waals surface area contributed by atoms with Crippen LogP contribution >= 0.6 is 0 Å². The van der Waals surface area contributed by atoms with Gasteiger partial charge in [0.2, 0.25) is 5.95 Å². The molecule has 1 aromatic heterocycles. The Kier molecular flexibility index (Phi) is 3.28. The van der Waals surface area contributed by atoms with Crippen LogP contribution in [0.5, 0.6) is 0 Å². The molecular weight excluding hydrogens is 268 g/mol. The van der Waals surface area contributed by atoms with Gasteiger partial charge in [0.15, 0.2) is 16.7 Å². The summed E-state index contributed by atoms with van der Waals surface area (Å²) in [6, 6.07) is 9.83. The first kappa shape index (κ1) is 12.8. The van der Waals surface area contributed by atoms with Gasteiger partial charge < -0.3 is 5.32 Å². The van der Waals surface area contributed by atoms with Crippen LogP contribution in [0.1, 0.15) is 5.56 Å². The van der Waals surface area contributed by atoms with E-state index in [-0.39, 0.29) is 5.95 Å². The van der Waals surface area contributed by atoms with E-state index >= 15 is 0 Å². The van der Waals surface area contributed by atoms with Crippen LogP contribution in [0.3, 0.4) is 0 Å². The van der Waals surface area contributed by atoms with E-state index in [4.69, 9.17) is 5.53 Å². The Morgan fingerprint density at radius 1 is 1.19 bits per heavy atom. The topological polar surface area (TPSA) is 111 Å². The van der Waals surface area contributed by atoms with Gasteiger partial charge in [-0.05, 0) is 16.2 Å². The third-order valence-electron chi connectivity index (χ3n) is 2.77. The monoisotopic (exact) mass is 278 g/mol. The van der Waals surface area contributed by atoms with Crippen LogP contribution in [0.2, 0.25) is 0 Å². The van der Waals surface area contributed by atoms with Crippen molar-refractivity contribution in [1.82, 2.24) is 9.97 Å². The zero-order valence-corrected chi connectivity index (χ0v) is 10.9.